The van der Waals surface area contributed by atoms with Crippen LogP contribution in [0.5, 0.6) is 11.5 Å². The van der Waals surface area contributed by atoms with E-state index in [9.17, 15) is 0 Å². The normalized spacial score (nSPS) is 15.0. The molecule has 0 aliphatic heterocycles. The van der Waals surface area contributed by atoms with E-state index in [1.165, 1.54) is 0 Å². The minimum atomic E-state index is 0.199. The van der Waals surface area contributed by atoms with Crippen LogP contribution in [0.15, 0.2) is 54.6 Å². The fourth-order valence-electron chi connectivity index (χ4n) is 2.34. The first kappa shape index (κ1) is 13.5. The SMILES string of the molecule is N#CCC1(CNc2cccc(Oc3ccccc3)c2)CC1. The molecule has 3 heteroatoms. The van der Waals surface area contributed by atoms with Gasteiger partial charge in [-0.2, -0.15) is 5.26 Å². The summed E-state index contributed by atoms with van der Waals surface area (Å²) >= 11 is 0. The van der Waals surface area contributed by atoms with Crippen LogP contribution in [0.25, 0.3) is 0 Å². The molecule has 21 heavy (non-hydrogen) atoms. The number of anilines is 1. The first-order chi connectivity index (χ1) is 10.3. The highest BCUT2D eigenvalue weighted by molar-refractivity contribution is 5.49. The van der Waals surface area contributed by atoms with Crippen LogP contribution in [0, 0.1) is 16.7 Å². The molecule has 0 aromatic heterocycles. The van der Waals surface area contributed by atoms with Crippen LogP contribution < -0.4 is 10.1 Å². The van der Waals surface area contributed by atoms with Gasteiger partial charge in [0.25, 0.3) is 0 Å². The lowest BCUT2D eigenvalue weighted by molar-refractivity contribution is 0.482. The summed E-state index contributed by atoms with van der Waals surface area (Å²) in [4.78, 5) is 0. The summed E-state index contributed by atoms with van der Waals surface area (Å²) in [5, 5.41) is 12.3. The van der Waals surface area contributed by atoms with Crippen LogP contribution in [0.1, 0.15) is 19.3 Å². The predicted molar refractivity (Wildman–Crippen MR) is 83.3 cm³/mol. The zero-order valence-corrected chi connectivity index (χ0v) is 11.9. The average molecular weight is 278 g/mol. The fourth-order valence-corrected chi connectivity index (χ4v) is 2.34. The highest BCUT2D eigenvalue weighted by atomic mass is 16.5. The summed E-state index contributed by atoms with van der Waals surface area (Å²) in [6.07, 6.45) is 2.93. The predicted octanol–water partition coefficient (Wildman–Crippen LogP) is 4.58. The van der Waals surface area contributed by atoms with Crippen molar-refractivity contribution in [1.29, 1.82) is 5.26 Å². The molecular formula is C18H18N2O. The van der Waals surface area contributed by atoms with Crippen molar-refractivity contribution in [3.63, 3.8) is 0 Å². The smallest absolute Gasteiger partial charge is 0.129 e. The Kier molecular flexibility index (Phi) is 3.79. The molecule has 2 aromatic rings. The second-order valence-electron chi connectivity index (χ2n) is 5.63. The Morgan fingerprint density at radius 3 is 2.52 bits per heavy atom. The number of nitrogens with zero attached hydrogens (tertiary/aromatic N) is 1. The number of nitrogens with one attached hydrogen (secondary N) is 1. The molecular weight excluding hydrogens is 260 g/mol. The summed E-state index contributed by atoms with van der Waals surface area (Å²) in [5.74, 6) is 1.65. The van der Waals surface area contributed by atoms with Crippen LogP contribution in [-0.4, -0.2) is 6.54 Å². The van der Waals surface area contributed by atoms with Crippen molar-refractivity contribution in [3.8, 4) is 17.6 Å². The Bertz CT molecular complexity index is 642. The van der Waals surface area contributed by atoms with Gasteiger partial charge in [-0.25, -0.2) is 0 Å². The van der Waals surface area contributed by atoms with Crippen LogP contribution in [0.4, 0.5) is 5.69 Å². The molecule has 2 aromatic carbocycles. The van der Waals surface area contributed by atoms with Gasteiger partial charge >= 0.3 is 0 Å². The molecule has 0 unspecified atom stereocenters. The summed E-state index contributed by atoms with van der Waals surface area (Å²) in [6.45, 7) is 0.856. The summed E-state index contributed by atoms with van der Waals surface area (Å²) in [7, 11) is 0. The first-order valence-corrected chi connectivity index (χ1v) is 7.24. The van der Waals surface area contributed by atoms with Gasteiger partial charge in [0, 0.05) is 30.1 Å². The number of rotatable bonds is 6. The van der Waals surface area contributed by atoms with E-state index in [0.717, 1.165) is 36.6 Å². The molecule has 106 valence electrons. The lowest BCUT2D eigenvalue weighted by Gasteiger charge is -2.14. The Hall–Kier alpha value is -2.47. The minimum Gasteiger partial charge on any atom is -0.457 e. The van der Waals surface area contributed by atoms with Crippen LogP contribution in [0.2, 0.25) is 0 Å². The number of ether oxygens (including phenoxy) is 1. The molecule has 0 saturated heterocycles. The third-order valence-corrected chi connectivity index (χ3v) is 3.89. The second-order valence-corrected chi connectivity index (χ2v) is 5.63. The molecule has 0 radical (unpaired) electrons. The summed E-state index contributed by atoms with van der Waals surface area (Å²) < 4.78 is 5.82. The van der Waals surface area contributed by atoms with E-state index in [-0.39, 0.29) is 5.41 Å². The van der Waals surface area contributed by atoms with E-state index in [1.807, 2.05) is 54.6 Å². The molecule has 3 rings (SSSR count). The minimum absolute atomic E-state index is 0.199. The van der Waals surface area contributed by atoms with Crippen molar-refractivity contribution < 1.29 is 4.74 Å². The highest BCUT2D eigenvalue weighted by Crippen LogP contribution is 2.48. The van der Waals surface area contributed by atoms with Crippen molar-refractivity contribution in [2.45, 2.75) is 19.3 Å². The molecule has 0 amide bonds. The molecule has 0 spiro atoms. The van der Waals surface area contributed by atoms with Gasteiger partial charge in [0.15, 0.2) is 0 Å². The summed E-state index contributed by atoms with van der Waals surface area (Å²) in [6, 6.07) is 20.0. The Morgan fingerprint density at radius 1 is 1.05 bits per heavy atom. The quantitative estimate of drug-likeness (QED) is 0.840. The Morgan fingerprint density at radius 2 is 1.81 bits per heavy atom. The maximum atomic E-state index is 8.85. The molecule has 1 fully saturated rings. The number of hydrogen-bond acceptors (Lipinski definition) is 3. The van der Waals surface area contributed by atoms with Gasteiger partial charge in [0.05, 0.1) is 6.07 Å². The zero-order chi connectivity index (χ0) is 14.5. The van der Waals surface area contributed by atoms with Gasteiger partial charge in [0.2, 0.25) is 0 Å². The van der Waals surface area contributed by atoms with Crippen molar-refractivity contribution in [2.24, 2.45) is 5.41 Å². The molecule has 1 aliphatic carbocycles. The number of nitriles is 1. The van der Waals surface area contributed by atoms with Gasteiger partial charge < -0.3 is 10.1 Å². The van der Waals surface area contributed by atoms with Crippen LogP contribution in [-0.2, 0) is 0 Å². The Balaban J connectivity index is 1.62. The second kappa shape index (κ2) is 5.88. The average Bonchev–Trinajstić information content (AvgIpc) is 3.27. The van der Waals surface area contributed by atoms with E-state index in [0.29, 0.717) is 6.42 Å². The topological polar surface area (TPSA) is 45.0 Å². The van der Waals surface area contributed by atoms with Gasteiger partial charge in [-0.05, 0) is 37.1 Å². The van der Waals surface area contributed by atoms with Crippen molar-refractivity contribution in [1.82, 2.24) is 0 Å². The van der Waals surface area contributed by atoms with Crippen LogP contribution >= 0.6 is 0 Å². The molecule has 3 nitrogen and oxygen atoms in total. The largest absolute Gasteiger partial charge is 0.457 e. The van der Waals surface area contributed by atoms with E-state index in [2.05, 4.69) is 11.4 Å². The number of hydrogen-bond donors (Lipinski definition) is 1. The maximum Gasteiger partial charge on any atom is 0.129 e. The Labute approximate surface area is 125 Å². The standard InChI is InChI=1S/C18H18N2O/c19-12-11-18(9-10-18)14-20-15-5-4-8-17(13-15)21-16-6-2-1-3-7-16/h1-8,13,20H,9-11,14H2. The van der Waals surface area contributed by atoms with E-state index >= 15 is 0 Å². The van der Waals surface area contributed by atoms with E-state index in [4.69, 9.17) is 10.00 Å². The van der Waals surface area contributed by atoms with Gasteiger partial charge in [-0.15, -0.1) is 0 Å². The molecule has 1 N–H and O–H groups in total. The van der Waals surface area contributed by atoms with Gasteiger partial charge in [-0.3, -0.25) is 0 Å². The third kappa shape index (κ3) is 3.55. The fraction of sp³-hybridized carbons (Fsp3) is 0.278. The highest BCUT2D eigenvalue weighted by Gasteiger charge is 2.42. The third-order valence-electron chi connectivity index (χ3n) is 3.89. The molecule has 1 aliphatic rings. The van der Waals surface area contributed by atoms with E-state index < -0.39 is 0 Å². The lowest BCUT2D eigenvalue weighted by Crippen LogP contribution is -2.14. The number of benzene rings is 2. The first-order valence-electron chi connectivity index (χ1n) is 7.24. The molecule has 0 heterocycles. The van der Waals surface area contributed by atoms with Gasteiger partial charge in [0.1, 0.15) is 11.5 Å². The van der Waals surface area contributed by atoms with Crippen molar-refractivity contribution in [2.75, 3.05) is 11.9 Å². The molecule has 1 saturated carbocycles. The van der Waals surface area contributed by atoms with Crippen molar-refractivity contribution >= 4 is 5.69 Å². The van der Waals surface area contributed by atoms with Crippen LogP contribution in [0.3, 0.4) is 0 Å². The summed E-state index contributed by atoms with van der Waals surface area (Å²) in [5.41, 5.74) is 1.23. The van der Waals surface area contributed by atoms with Crippen molar-refractivity contribution in [3.05, 3.63) is 54.6 Å². The molecule has 0 atom stereocenters. The molecule has 0 bridgehead atoms. The zero-order valence-electron chi connectivity index (χ0n) is 11.9. The number of para-hydroxylation sites is 1. The maximum absolute atomic E-state index is 8.85. The lowest BCUT2D eigenvalue weighted by atomic mass is 10.0. The van der Waals surface area contributed by atoms with Gasteiger partial charge in [-0.1, -0.05) is 24.3 Å². The monoisotopic (exact) mass is 278 g/mol. The van der Waals surface area contributed by atoms with E-state index in [1.54, 1.807) is 0 Å².